The second-order valence-electron chi connectivity index (χ2n) is 5.55. The third-order valence-electron chi connectivity index (χ3n) is 3.58. The number of hydrogen-bond donors (Lipinski definition) is 3. The van der Waals surface area contributed by atoms with Crippen molar-refractivity contribution in [1.82, 2.24) is 0 Å². The second-order valence-corrected chi connectivity index (χ2v) is 5.55. The summed E-state index contributed by atoms with van der Waals surface area (Å²) in [6.07, 6.45) is 8.12. The molecule has 4 N–H and O–H groups in total. The summed E-state index contributed by atoms with van der Waals surface area (Å²) in [6, 6.07) is 6.04. The Labute approximate surface area is 132 Å². The van der Waals surface area contributed by atoms with E-state index in [2.05, 4.69) is 0 Å². The molecule has 1 atom stereocenters. The second kappa shape index (κ2) is 10.9. The van der Waals surface area contributed by atoms with Gasteiger partial charge in [-0.3, -0.25) is 4.79 Å². The van der Waals surface area contributed by atoms with E-state index in [1.165, 1.54) is 12.8 Å². The van der Waals surface area contributed by atoms with Gasteiger partial charge in [-0.25, -0.2) is 0 Å². The van der Waals surface area contributed by atoms with Gasteiger partial charge >= 0.3 is 5.97 Å². The molecule has 0 aliphatic carbocycles. The molecule has 1 unspecified atom stereocenters. The Bertz CT molecular complexity index is 419. The highest BCUT2D eigenvalue weighted by Crippen LogP contribution is 2.16. The number of phenolic OH excluding ortho intramolecular Hbond substituents is 1. The molecule has 22 heavy (non-hydrogen) atoms. The summed E-state index contributed by atoms with van der Waals surface area (Å²) in [5, 5.41) is 17.8. The van der Waals surface area contributed by atoms with Gasteiger partial charge in [0.15, 0.2) is 0 Å². The number of carboxylic acids is 1. The van der Waals surface area contributed by atoms with E-state index >= 15 is 0 Å². The first-order chi connectivity index (χ1) is 10.6. The number of phenols is 1. The summed E-state index contributed by atoms with van der Waals surface area (Å²) in [5.74, 6) is 0.123. The first kappa shape index (κ1) is 18.3. The van der Waals surface area contributed by atoms with E-state index in [9.17, 15) is 4.79 Å². The summed E-state index contributed by atoms with van der Waals surface area (Å²) < 4.78 is 5.57. The van der Waals surface area contributed by atoms with Crippen molar-refractivity contribution in [3.8, 4) is 11.5 Å². The fourth-order valence-electron chi connectivity index (χ4n) is 2.21. The number of unbranched alkanes of at least 4 members (excludes halogenated alkanes) is 6. The number of aromatic hydroxyl groups is 1. The molecule has 0 saturated heterocycles. The molecular weight excluding hydrogens is 282 g/mol. The van der Waals surface area contributed by atoms with Crippen LogP contribution in [0.5, 0.6) is 11.5 Å². The van der Waals surface area contributed by atoms with E-state index in [0.717, 1.165) is 37.9 Å². The molecule has 5 nitrogen and oxygen atoms in total. The molecule has 0 amide bonds. The van der Waals surface area contributed by atoms with Crippen molar-refractivity contribution in [2.24, 2.45) is 5.73 Å². The molecule has 1 aromatic carbocycles. The highest BCUT2D eigenvalue weighted by atomic mass is 16.5. The predicted molar refractivity (Wildman–Crippen MR) is 86.1 cm³/mol. The zero-order chi connectivity index (χ0) is 16.2. The van der Waals surface area contributed by atoms with E-state index in [1.54, 1.807) is 24.3 Å². The number of nitrogens with two attached hydrogens (primary N) is 1. The van der Waals surface area contributed by atoms with Crippen molar-refractivity contribution in [1.29, 1.82) is 0 Å². The number of rotatable bonds is 12. The molecule has 0 heterocycles. The fourth-order valence-corrected chi connectivity index (χ4v) is 2.21. The molecule has 1 rings (SSSR count). The molecule has 0 spiro atoms. The summed E-state index contributed by atoms with van der Waals surface area (Å²) >= 11 is 0. The third-order valence-corrected chi connectivity index (χ3v) is 3.58. The maximum absolute atomic E-state index is 10.5. The standard InChI is InChI=1S/C17H27NO4/c18-16(17(20)21)8-6-4-2-1-3-5-7-13-22-15-11-9-14(19)10-12-15/h9-12,16,19H,1-8,13,18H2,(H,20,21). The minimum absolute atomic E-state index is 0.247. The number of carbonyl (C=O) groups is 1. The predicted octanol–water partition coefficient (Wildman–Crippen LogP) is 3.30. The number of aliphatic carboxylic acids is 1. The van der Waals surface area contributed by atoms with Gasteiger partial charge in [-0.05, 0) is 37.1 Å². The van der Waals surface area contributed by atoms with Gasteiger partial charge in [0.2, 0.25) is 0 Å². The Morgan fingerprint density at radius 1 is 1.00 bits per heavy atom. The van der Waals surface area contributed by atoms with Gasteiger partial charge in [-0.15, -0.1) is 0 Å². The van der Waals surface area contributed by atoms with E-state index in [-0.39, 0.29) is 5.75 Å². The molecule has 124 valence electrons. The maximum Gasteiger partial charge on any atom is 0.320 e. The SMILES string of the molecule is NC(CCCCCCCCCOc1ccc(O)cc1)C(=O)O. The highest BCUT2D eigenvalue weighted by molar-refractivity contribution is 5.72. The van der Waals surface area contributed by atoms with Crippen molar-refractivity contribution >= 4 is 5.97 Å². The van der Waals surface area contributed by atoms with Gasteiger partial charge in [0.25, 0.3) is 0 Å². The van der Waals surface area contributed by atoms with Crippen molar-refractivity contribution in [3.63, 3.8) is 0 Å². The van der Waals surface area contributed by atoms with Crippen LogP contribution in [0.2, 0.25) is 0 Å². The Morgan fingerprint density at radius 2 is 1.55 bits per heavy atom. The van der Waals surface area contributed by atoms with Gasteiger partial charge in [0.1, 0.15) is 17.5 Å². The van der Waals surface area contributed by atoms with Crippen LogP contribution in [0.4, 0.5) is 0 Å². The smallest absolute Gasteiger partial charge is 0.320 e. The molecule has 0 aromatic heterocycles. The van der Waals surface area contributed by atoms with Crippen LogP contribution in [0.3, 0.4) is 0 Å². The lowest BCUT2D eigenvalue weighted by molar-refractivity contribution is -0.138. The molecule has 0 aliphatic heterocycles. The van der Waals surface area contributed by atoms with Crippen LogP contribution in [0.15, 0.2) is 24.3 Å². The lowest BCUT2D eigenvalue weighted by Crippen LogP contribution is -2.29. The Morgan fingerprint density at radius 3 is 2.14 bits per heavy atom. The van der Waals surface area contributed by atoms with Crippen LogP contribution < -0.4 is 10.5 Å². The lowest BCUT2D eigenvalue weighted by atomic mass is 10.1. The minimum Gasteiger partial charge on any atom is -0.508 e. The van der Waals surface area contributed by atoms with E-state index in [1.807, 2.05) is 0 Å². The van der Waals surface area contributed by atoms with Crippen LogP contribution in [0, 0.1) is 0 Å². The first-order valence-electron chi connectivity index (χ1n) is 8.00. The third kappa shape index (κ3) is 8.52. The van der Waals surface area contributed by atoms with E-state index in [0.29, 0.717) is 13.0 Å². The summed E-state index contributed by atoms with van der Waals surface area (Å²) in [7, 11) is 0. The van der Waals surface area contributed by atoms with E-state index in [4.69, 9.17) is 20.7 Å². The molecule has 0 bridgehead atoms. The molecule has 0 saturated carbocycles. The van der Waals surface area contributed by atoms with Crippen LogP contribution in [0.25, 0.3) is 0 Å². The average molecular weight is 309 g/mol. The average Bonchev–Trinajstić information content (AvgIpc) is 2.50. The number of ether oxygens (including phenoxy) is 1. The topological polar surface area (TPSA) is 92.8 Å². The van der Waals surface area contributed by atoms with Crippen molar-refractivity contribution in [2.45, 2.75) is 57.4 Å². The quantitative estimate of drug-likeness (QED) is 0.515. The van der Waals surface area contributed by atoms with Crippen LogP contribution in [-0.4, -0.2) is 28.8 Å². The van der Waals surface area contributed by atoms with Crippen LogP contribution in [0.1, 0.15) is 51.4 Å². The minimum atomic E-state index is -0.909. The van der Waals surface area contributed by atoms with Gasteiger partial charge in [-0.2, -0.15) is 0 Å². The van der Waals surface area contributed by atoms with Gasteiger partial charge in [0, 0.05) is 0 Å². The van der Waals surface area contributed by atoms with Crippen LogP contribution in [-0.2, 0) is 4.79 Å². The van der Waals surface area contributed by atoms with Crippen molar-refractivity contribution < 1.29 is 19.7 Å². The number of benzene rings is 1. The Balaban J connectivity index is 1.87. The monoisotopic (exact) mass is 309 g/mol. The molecule has 1 aromatic rings. The summed E-state index contributed by atoms with van der Waals surface area (Å²) in [4.78, 5) is 10.5. The van der Waals surface area contributed by atoms with Gasteiger partial charge in [0.05, 0.1) is 6.61 Å². The molecule has 5 heteroatoms. The van der Waals surface area contributed by atoms with E-state index < -0.39 is 12.0 Å². The highest BCUT2D eigenvalue weighted by Gasteiger charge is 2.09. The van der Waals surface area contributed by atoms with Crippen LogP contribution >= 0.6 is 0 Å². The Kier molecular flexibility index (Phi) is 9.07. The largest absolute Gasteiger partial charge is 0.508 e. The number of hydrogen-bond acceptors (Lipinski definition) is 4. The van der Waals surface area contributed by atoms with Gasteiger partial charge < -0.3 is 20.7 Å². The van der Waals surface area contributed by atoms with Crippen molar-refractivity contribution in [3.05, 3.63) is 24.3 Å². The zero-order valence-electron chi connectivity index (χ0n) is 13.0. The molecule has 0 aliphatic rings. The number of carboxylic acid groups (broad SMARTS) is 1. The lowest BCUT2D eigenvalue weighted by Gasteiger charge is -2.07. The van der Waals surface area contributed by atoms with Gasteiger partial charge in [-0.1, -0.05) is 38.5 Å². The molecular formula is C17H27NO4. The zero-order valence-corrected chi connectivity index (χ0v) is 13.0. The molecule has 0 fully saturated rings. The summed E-state index contributed by atoms with van der Waals surface area (Å²) in [5.41, 5.74) is 5.44. The summed E-state index contributed by atoms with van der Waals surface area (Å²) in [6.45, 7) is 0.693. The van der Waals surface area contributed by atoms with Crippen molar-refractivity contribution in [2.75, 3.05) is 6.61 Å². The first-order valence-corrected chi connectivity index (χ1v) is 8.00. The Hall–Kier alpha value is -1.75. The fraction of sp³-hybridized carbons (Fsp3) is 0.588. The maximum atomic E-state index is 10.5. The molecule has 0 radical (unpaired) electrons. The normalized spacial score (nSPS) is 12.0.